The van der Waals surface area contributed by atoms with E-state index >= 15 is 0 Å². The highest BCUT2D eigenvalue weighted by Crippen LogP contribution is 2.24. The molecule has 3 atom stereocenters. The summed E-state index contributed by atoms with van der Waals surface area (Å²) in [5, 5.41) is 3.08. The summed E-state index contributed by atoms with van der Waals surface area (Å²) in [6.45, 7) is 2.04. The van der Waals surface area contributed by atoms with Crippen molar-refractivity contribution in [1.82, 2.24) is 5.32 Å². The average molecular weight is 325 g/mol. The normalized spacial score (nSPS) is 24.2. The molecule has 3 nitrogen and oxygen atoms in total. The SMILES string of the molecule is CC(Cc1ccc(Br)cc1)NC(=O)C1CCCC1N. The van der Waals surface area contributed by atoms with E-state index in [-0.39, 0.29) is 23.9 Å². The van der Waals surface area contributed by atoms with Crippen LogP contribution in [0.1, 0.15) is 31.7 Å². The molecule has 104 valence electrons. The molecule has 0 heterocycles. The van der Waals surface area contributed by atoms with Gasteiger partial charge in [-0.2, -0.15) is 0 Å². The molecule has 1 aliphatic carbocycles. The summed E-state index contributed by atoms with van der Waals surface area (Å²) in [6, 6.07) is 8.39. The standard InChI is InChI=1S/C15H21BrN2O/c1-10(9-11-5-7-12(16)8-6-11)18-15(19)13-3-2-4-14(13)17/h5-8,10,13-14H,2-4,9,17H2,1H3,(H,18,19). The third-order valence-electron chi connectivity index (χ3n) is 3.75. The Bertz CT molecular complexity index is 432. The Morgan fingerprint density at radius 2 is 2.11 bits per heavy atom. The minimum atomic E-state index is 0.00682. The zero-order chi connectivity index (χ0) is 13.8. The summed E-state index contributed by atoms with van der Waals surface area (Å²) in [7, 11) is 0. The van der Waals surface area contributed by atoms with E-state index in [0.717, 1.165) is 30.2 Å². The maximum atomic E-state index is 12.1. The van der Waals surface area contributed by atoms with Gasteiger partial charge in [0.15, 0.2) is 0 Å². The van der Waals surface area contributed by atoms with E-state index < -0.39 is 0 Å². The molecule has 0 bridgehead atoms. The first-order valence-corrected chi connectivity index (χ1v) is 7.66. The van der Waals surface area contributed by atoms with E-state index in [2.05, 4.69) is 33.4 Å². The molecule has 0 radical (unpaired) electrons. The smallest absolute Gasteiger partial charge is 0.224 e. The Morgan fingerprint density at radius 3 is 2.68 bits per heavy atom. The number of carbonyl (C=O) groups is 1. The number of nitrogens with two attached hydrogens (primary N) is 1. The van der Waals surface area contributed by atoms with Gasteiger partial charge in [0.2, 0.25) is 5.91 Å². The molecule has 0 aliphatic heterocycles. The van der Waals surface area contributed by atoms with Gasteiger partial charge in [-0.05, 0) is 43.9 Å². The Hall–Kier alpha value is -0.870. The number of carbonyl (C=O) groups excluding carboxylic acids is 1. The third-order valence-corrected chi connectivity index (χ3v) is 4.28. The Kier molecular flexibility index (Phi) is 4.99. The highest BCUT2D eigenvalue weighted by molar-refractivity contribution is 9.10. The van der Waals surface area contributed by atoms with Crippen molar-refractivity contribution in [3.8, 4) is 0 Å². The lowest BCUT2D eigenvalue weighted by atomic mass is 10.0. The van der Waals surface area contributed by atoms with Gasteiger partial charge in [0.25, 0.3) is 0 Å². The number of benzene rings is 1. The average Bonchev–Trinajstić information content (AvgIpc) is 2.78. The van der Waals surface area contributed by atoms with Gasteiger partial charge in [0.05, 0.1) is 5.92 Å². The molecule has 1 amide bonds. The number of rotatable bonds is 4. The molecular formula is C15H21BrN2O. The van der Waals surface area contributed by atoms with Gasteiger partial charge in [0, 0.05) is 16.6 Å². The zero-order valence-corrected chi connectivity index (χ0v) is 12.8. The number of hydrogen-bond acceptors (Lipinski definition) is 2. The van der Waals surface area contributed by atoms with Gasteiger partial charge < -0.3 is 11.1 Å². The maximum Gasteiger partial charge on any atom is 0.224 e. The predicted octanol–water partition coefficient (Wildman–Crippen LogP) is 2.62. The molecule has 0 aromatic heterocycles. The molecule has 1 fully saturated rings. The van der Waals surface area contributed by atoms with Crippen LogP contribution in [-0.4, -0.2) is 18.0 Å². The summed E-state index contributed by atoms with van der Waals surface area (Å²) < 4.78 is 1.07. The summed E-state index contributed by atoms with van der Waals surface area (Å²) in [5.74, 6) is 0.127. The van der Waals surface area contributed by atoms with Gasteiger partial charge >= 0.3 is 0 Å². The minimum Gasteiger partial charge on any atom is -0.353 e. The second-order valence-corrected chi connectivity index (χ2v) is 6.36. The van der Waals surface area contributed by atoms with Gasteiger partial charge in [-0.3, -0.25) is 4.79 Å². The van der Waals surface area contributed by atoms with E-state index in [4.69, 9.17) is 5.73 Å². The van der Waals surface area contributed by atoms with Crippen LogP contribution in [0, 0.1) is 5.92 Å². The van der Waals surface area contributed by atoms with Crippen LogP contribution in [0.2, 0.25) is 0 Å². The molecule has 0 spiro atoms. The molecule has 0 saturated heterocycles. The van der Waals surface area contributed by atoms with E-state index in [9.17, 15) is 4.79 Å². The van der Waals surface area contributed by atoms with Crippen LogP contribution in [0.15, 0.2) is 28.7 Å². The molecule has 1 aliphatic rings. The largest absolute Gasteiger partial charge is 0.353 e. The van der Waals surface area contributed by atoms with Gasteiger partial charge in [0.1, 0.15) is 0 Å². The van der Waals surface area contributed by atoms with Crippen molar-refractivity contribution in [2.45, 2.75) is 44.7 Å². The Morgan fingerprint density at radius 1 is 1.42 bits per heavy atom. The fourth-order valence-corrected chi connectivity index (χ4v) is 2.95. The quantitative estimate of drug-likeness (QED) is 0.894. The van der Waals surface area contributed by atoms with Crippen molar-refractivity contribution in [1.29, 1.82) is 0 Å². The molecule has 3 unspecified atom stereocenters. The fraction of sp³-hybridized carbons (Fsp3) is 0.533. The summed E-state index contributed by atoms with van der Waals surface area (Å²) in [6.07, 6.45) is 3.82. The number of hydrogen-bond donors (Lipinski definition) is 2. The monoisotopic (exact) mass is 324 g/mol. The molecule has 19 heavy (non-hydrogen) atoms. The van der Waals surface area contributed by atoms with Crippen molar-refractivity contribution >= 4 is 21.8 Å². The van der Waals surface area contributed by atoms with Crippen LogP contribution in [-0.2, 0) is 11.2 Å². The third kappa shape index (κ3) is 4.05. The summed E-state index contributed by atoms with van der Waals surface area (Å²) in [4.78, 5) is 12.1. The van der Waals surface area contributed by atoms with Crippen molar-refractivity contribution in [3.63, 3.8) is 0 Å². The van der Waals surface area contributed by atoms with Crippen molar-refractivity contribution in [2.75, 3.05) is 0 Å². The Balaban J connectivity index is 1.85. The van der Waals surface area contributed by atoms with Crippen molar-refractivity contribution in [3.05, 3.63) is 34.3 Å². The van der Waals surface area contributed by atoms with E-state index in [1.54, 1.807) is 0 Å². The molecule has 3 N–H and O–H groups in total. The number of nitrogens with one attached hydrogen (secondary N) is 1. The second kappa shape index (κ2) is 6.53. The van der Waals surface area contributed by atoms with Crippen LogP contribution in [0.5, 0.6) is 0 Å². The van der Waals surface area contributed by atoms with Crippen LogP contribution in [0.25, 0.3) is 0 Å². The zero-order valence-electron chi connectivity index (χ0n) is 11.2. The molecule has 1 aromatic carbocycles. The first kappa shape index (κ1) is 14.5. The van der Waals surface area contributed by atoms with Crippen molar-refractivity contribution in [2.24, 2.45) is 11.7 Å². The van der Waals surface area contributed by atoms with Gasteiger partial charge in [-0.1, -0.05) is 34.5 Å². The number of amides is 1. The van der Waals surface area contributed by atoms with Crippen LogP contribution < -0.4 is 11.1 Å². The minimum absolute atomic E-state index is 0.00682. The highest BCUT2D eigenvalue weighted by atomic mass is 79.9. The lowest BCUT2D eigenvalue weighted by Crippen LogP contribution is -2.43. The maximum absolute atomic E-state index is 12.1. The predicted molar refractivity (Wildman–Crippen MR) is 80.8 cm³/mol. The molecule has 1 saturated carbocycles. The topological polar surface area (TPSA) is 55.1 Å². The summed E-state index contributed by atoms with van der Waals surface area (Å²) >= 11 is 3.42. The van der Waals surface area contributed by atoms with Crippen LogP contribution >= 0.6 is 15.9 Å². The first-order valence-electron chi connectivity index (χ1n) is 6.86. The molecule has 4 heteroatoms. The van der Waals surface area contributed by atoms with E-state index in [1.807, 2.05) is 19.1 Å². The molecule has 1 aromatic rings. The van der Waals surface area contributed by atoms with Gasteiger partial charge in [-0.15, -0.1) is 0 Å². The highest BCUT2D eigenvalue weighted by Gasteiger charge is 2.30. The fourth-order valence-electron chi connectivity index (χ4n) is 2.69. The van der Waals surface area contributed by atoms with E-state index in [0.29, 0.717) is 0 Å². The second-order valence-electron chi connectivity index (χ2n) is 5.44. The van der Waals surface area contributed by atoms with Crippen LogP contribution in [0.3, 0.4) is 0 Å². The lowest BCUT2D eigenvalue weighted by molar-refractivity contribution is -0.125. The lowest BCUT2D eigenvalue weighted by Gasteiger charge is -2.19. The van der Waals surface area contributed by atoms with Crippen molar-refractivity contribution < 1.29 is 4.79 Å². The first-order chi connectivity index (χ1) is 9.06. The van der Waals surface area contributed by atoms with Crippen LogP contribution in [0.4, 0.5) is 0 Å². The van der Waals surface area contributed by atoms with E-state index in [1.165, 1.54) is 5.56 Å². The molecule has 2 rings (SSSR count). The van der Waals surface area contributed by atoms with Gasteiger partial charge in [-0.25, -0.2) is 0 Å². The Labute approximate surface area is 123 Å². The summed E-state index contributed by atoms with van der Waals surface area (Å²) in [5.41, 5.74) is 7.19. The number of halogens is 1. The molecular weight excluding hydrogens is 304 g/mol.